The van der Waals surface area contributed by atoms with Crippen LogP contribution in [0, 0.1) is 5.41 Å². The van der Waals surface area contributed by atoms with E-state index in [1.807, 2.05) is 35.5 Å². The van der Waals surface area contributed by atoms with E-state index in [0.29, 0.717) is 0 Å². The summed E-state index contributed by atoms with van der Waals surface area (Å²) in [5, 5.41) is 6.47. The van der Waals surface area contributed by atoms with Crippen LogP contribution in [0.1, 0.15) is 10.7 Å². The molecule has 7 heteroatoms. The molecule has 0 amide bonds. The van der Waals surface area contributed by atoms with Gasteiger partial charge in [-0.3, -0.25) is 9.58 Å². The van der Waals surface area contributed by atoms with E-state index in [4.69, 9.17) is 9.72 Å². The zero-order chi connectivity index (χ0) is 17.6. The van der Waals surface area contributed by atoms with Gasteiger partial charge in [-0.1, -0.05) is 6.07 Å². The monoisotopic (exact) mass is 369 g/mol. The van der Waals surface area contributed by atoms with Crippen LogP contribution in [-0.4, -0.2) is 50.5 Å². The first-order valence-electron chi connectivity index (χ1n) is 9.07. The minimum absolute atomic E-state index is 0.119. The van der Waals surface area contributed by atoms with Crippen molar-refractivity contribution in [2.45, 2.75) is 19.5 Å². The van der Waals surface area contributed by atoms with Crippen molar-refractivity contribution in [3.8, 4) is 11.3 Å². The van der Waals surface area contributed by atoms with Crippen LogP contribution < -0.4 is 0 Å². The van der Waals surface area contributed by atoms with E-state index in [0.717, 1.165) is 51.4 Å². The fraction of sp³-hybridized carbons (Fsp3) is 0.474. The Hall–Kier alpha value is -1.96. The first-order valence-corrected chi connectivity index (χ1v) is 9.95. The van der Waals surface area contributed by atoms with Crippen molar-refractivity contribution in [2.75, 3.05) is 26.3 Å². The highest BCUT2D eigenvalue weighted by Crippen LogP contribution is 2.38. The summed E-state index contributed by atoms with van der Waals surface area (Å²) in [6, 6.07) is 4.36. The molecule has 1 spiro atoms. The number of aryl methyl sites for hydroxylation is 1. The van der Waals surface area contributed by atoms with Gasteiger partial charge >= 0.3 is 0 Å². The minimum atomic E-state index is 0.119. The molecule has 136 valence electrons. The number of fused-ring (bicyclic) bond motifs is 1. The fourth-order valence-electron chi connectivity index (χ4n) is 4.28. The molecule has 0 aliphatic carbocycles. The molecule has 0 saturated carbocycles. The number of ether oxygens (including phenoxy) is 1. The van der Waals surface area contributed by atoms with E-state index in [9.17, 15) is 0 Å². The first-order chi connectivity index (χ1) is 12.7. The molecule has 5 heterocycles. The van der Waals surface area contributed by atoms with Gasteiger partial charge in [0.15, 0.2) is 0 Å². The Morgan fingerprint density at radius 2 is 2.27 bits per heavy atom. The lowest BCUT2D eigenvalue weighted by Gasteiger charge is -2.31. The van der Waals surface area contributed by atoms with Crippen molar-refractivity contribution in [1.82, 2.24) is 24.2 Å². The molecular weight excluding hydrogens is 346 g/mol. The molecule has 6 nitrogen and oxygen atoms in total. The van der Waals surface area contributed by atoms with Crippen molar-refractivity contribution in [2.24, 2.45) is 12.5 Å². The van der Waals surface area contributed by atoms with E-state index in [2.05, 4.69) is 38.3 Å². The van der Waals surface area contributed by atoms with Crippen LogP contribution in [0.4, 0.5) is 0 Å². The number of thiophene rings is 1. The molecule has 2 aliphatic heterocycles. The van der Waals surface area contributed by atoms with Crippen LogP contribution in [0.25, 0.3) is 11.3 Å². The minimum Gasteiger partial charge on any atom is -0.379 e. The number of hydrogen-bond donors (Lipinski definition) is 0. The molecule has 1 atom stereocenters. The van der Waals surface area contributed by atoms with Crippen molar-refractivity contribution in [1.29, 1.82) is 0 Å². The summed E-state index contributed by atoms with van der Waals surface area (Å²) >= 11 is 1.84. The number of nitrogens with zero attached hydrogens (tertiary/aromatic N) is 5. The fourth-order valence-corrected chi connectivity index (χ4v) is 5.03. The molecule has 0 bridgehead atoms. The Kier molecular flexibility index (Phi) is 3.95. The molecule has 1 unspecified atom stereocenters. The van der Waals surface area contributed by atoms with Crippen molar-refractivity contribution >= 4 is 11.3 Å². The average Bonchev–Trinajstić information content (AvgIpc) is 3.35. The van der Waals surface area contributed by atoms with Crippen LogP contribution in [0.5, 0.6) is 0 Å². The predicted molar refractivity (Wildman–Crippen MR) is 101 cm³/mol. The second-order valence-electron chi connectivity index (χ2n) is 7.57. The van der Waals surface area contributed by atoms with Crippen LogP contribution in [0.15, 0.2) is 36.1 Å². The summed E-state index contributed by atoms with van der Waals surface area (Å²) in [5.74, 6) is 1.17. The lowest BCUT2D eigenvalue weighted by atomic mass is 9.86. The molecule has 0 N–H and O–H groups in total. The maximum absolute atomic E-state index is 6.04. The lowest BCUT2D eigenvalue weighted by molar-refractivity contribution is 0.0668. The molecule has 26 heavy (non-hydrogen) atoms. The third kappa shape index (κ3) is 2.90. The Bertz CT molecular complexity index is 899. The van der Waals surface area contributed by atoms with Crippen molar-refractivity contribution < 1.29 is 4.74 Å². The highest BCUT2D eigenvalue weighted by Gasteiger charge is 2.42. The molecule has 3 aromatic heterocycles. The second kappa shape index (κ2) is 6.33. The zero-order valence-corrected chi connectivity index (χ0v) is 15.8. The molecule has 1 saturated heterocycles. The summed E-state index contributed by atoms with van der Waals surface area (Å²) in [5.41, 5.74) is 2.42. The van der Waals surface area contributed by atoms with E-state index in [1.54, 1.807) is 0 Å². The van der Waals surface area contributed by atoms with Gasteiger partial charge in [-0.05, 0) is 11.4 Å². The van der Waals surface area contributed by atoms with Gasteiger partial charge in [0.05, 0.1) is 31.3 Å². The summed E-state index contributed by atoms with van der Waals surface area (Å²) < 4.78 is 10.3. The maximum Gasteiger partial charge on any atom is 0.109 e. The number of aromatic nitrogens is 4. The Morgan fingerprint density at radius 1 is 1.31 bits per heavy atom. The van der Waals surface area contributed by atoms with Gasteiger partial charge in [0.2, 0.25) is 0 Å². The quantitative estimate of drug-likeness (QED) is 0.711. The molecule has 3 aromatic rings. The Morgan fingerprint density at radius 3 is 3.08 bits per heavy atom. The Labute approximate surface area is 157 Å². The summed E-state index contributed by atoms with van der Waals surface area (Å²) in [6.45, 7) is 5.65. The van der Waals surface area contributed by atoms with Gasteiger partial charge in [0, 0.05) is 61.7 Å². The molecule has 1 fully saturated rings. The standard InChI is InChI=1S/C19H23N5OS/c1-22-10-15(8-21-22)17-9-20-18-7-19(13-24(17)18)12-23(4-5-25-14-19)11-16-3-2-6-26-16/h2-3,6,8-10H,4-5,7,11-14H2,1H3. The normalized spacial score (nSPS) is 23.4. The highest BCUT2D eigenvalue weighted by molar-refractivity contribution is 7.09. The topological polar surface area (TPSA) is 48.1 Å². The van der Waals surface area contributed by atoms with Crippen LogP contribution in [0.3, 0.4) is 0 Å². The van der Waals surface area contributed by atoms with Gasteiger partial charge < -0.3 is 9.30 Å². The van der Waals surface area contributed by atoms with Gasteiger partial charge in [0.25, 0.3) is 0 Å². The van der Waals surface area contributed by atoms with E-state index in [-0.39, 0.29) is 5.41 Å². The molecule has 0 radical (unpaired) electrons. The summed E-state index contributed by atoms with van der Waals surface area (Å²) in [7, 11) is 1.95. The first kappa shape index (κ1) is 16.2. The largest absolute Gasteiger partial charge is 0.379 e. The molecule has 0 aromatic carbocycles. The van der Waals surface area contributed by atoms with Gasteiger partial charge in [-0.2, -0.15) is 5.10 Å². The maximum atomic E-state index is 6.04. The van der Waals surface area contributed by atoms with Crippen LogP contribution >= 0.6 is 11.3 Å². The lowest BCUT2D eigenvalue weighted by Crippen LogP contribution is -2.39. The Balaban J connectivity index is 1.39. The average molecular weight is 369 g/mol. The van der Waals surface area contributed by atoms with E-state index < -0.39 is 0 Å². The van der Waals surface area contributed by atoms with Crippen LogP contribution in [-0.2, 0) is 31.3 Å². The SMILES string of the molecule is Cn1cc(-c2cnc3n2CC2(COCCN(Cc4cccs4)C2)C3)cn1. The summed E-state index contributed by atoms with van der Waals surface area (Å²) in [6.07, 6.45) is 6.94. The molecular formula is C19H23N5OS. The number of imidazole rings is 1. The predicted octanol–water partition coefficient (Wildman–Crippen LogP) is 2.42. The highest BCUT2D eigenvalue weighted by atomic mass is 32.1. The van der Waals surface area contributed by atoms with Gasteiger partial charge in [-0.25, -0.2) is 4.98 Å². The second-order valence-corrected chi connectivity index (χ2v) is 8.60. The smallest absolute Gasteiger partial charge is 0.109 e. The van der Waals surface area contributed by atoms with Gasteiger partial charge in [-0.15, -0.1) is 11.3 Å². The van der Waals surface area contributed by atoms with E-state index in [1.165, 1.54) is 16.4 Å². The van der Waals surface area contributed by atoms with Gasteiger partial charge in [0.1, 0.15) is 5.82 Å². The van der Waals surface area contributed by atoms with Crippen molar-refractivity contribution in [3.63, 3.8) is 0 Å². The zero-order valence-electron chi connectivity index (χ0n) is 15.0. The van der Waals surface area contributed by atoms with Crippen LogP contribution in [0.2, 0.25) is 0 Å². The molecule has 2 aliphatic rings. The summed E-state index contributed by atoms with van der Waals surface area (Å²) in [4.78, 5) is 8.69. The third-order valence-electron chi connectivity index (χ3n) is 5.44. The van der Waals surface area contributed by atoms with Crippen molar-refractivity contribution in [3.05, 3.63) is 46.8 Å². The van der Waals surface area contributed by atoms with E-state index >= 15 is 0 Å². The molecule has 5 rings (SSSR count). The number of rotatable bonds is 3. The number of hydrogen-bond acceptors (Lipinski definition) is 5. The third-order valence-corrected chi connectivity index (χ3v) is 6.31.